The van der Waals surface area contributed by atoms with Gasteiger partial charge in [0.2, 0.25) is 0 Å². The van der Waals surface area contributed by atoms with Crippen LogP contribution in [0.2, 0.25) is 0 Å². The number of amides is 1. The van der Waals surface area contributed by atoms with E-state index in [1.165, 1.54) is 4.90 Å². The zero-order valence-corrected chi connectivity index (χ0v) is 16.6. The molecule has 0 aromatic carbocycles. The van der Waals surface area contributed by atoms with Crippen molar-refractivity contribution in [3.05, 3.63) is 0 Å². The first-order valence-electron chi connectivity index (χ1n) is 9.29. The van der Waals surface area contributed by atoms with E-state index in [0.29, 0.717) is 51.5 Å². The number of guanidine groups is 1. The molecule has 7 nitrogen and oxygen atoms in total. The highest BCUT2D eigenvalue weighted by Gasteiger charge is 2.34. The maximum Gasteiger partial charge on any atom is 0.407 e. The minimum absolute atomic E-state index is 0.0648. The van der Waals surface area contributed by atoms with Crippen molar-refractivity contribution in [2.24, 2.45) is 4.99 Å². The highest BCUT2D eigenvalue weighted by atomic mass is 19.4. The van der Waals surface area contributed by atoms with Crippen LogP contribution in [-0.4, -0.2) is 74.0 Å². The number of nitrogens with one attached hydrogen (secondary N) is 3. The summed E-state index contributed by atoms with van der Waals surface area (Å²) in [5, 5.41) is 8.93. The molecule has 1 amide bonds. The average molecular weight is 395 g/mol. The van der Waals surface area contributed by atoms with E-state index in [4.69, 9.17) is 4.74 Å². The van der Waals surface area contributed by atoms with E-state index < -0.39 is 24.4 Å². The number of halogens is 3. The van der Waals surface area contributed by atoms with Gasteiger partial charge in [-0.1, -0.05) is 0 Å². The number of aliphatic imine (C=N–C) groups is 1. The molecule has 1 rings (SSSR count). The van der Waals surface area contributed by atoms with Gasteiger partial charge in [-0.25, -0.2) is 4.79 Å². The molecule has 158 valence electrons. The van der Waals surface area contributed by atoms with E-state index in [0.717, 1.165) is 0 Å². The Labute approximate surface area is 159 Å². The van der Waals surface area contributed by atoms with Crippen LogP contribution in [0.15, 0.2) is 4.99 Å². The maximum atomic E-state index is 12.5. The van der Waals surface area contributed by atoms with Crippen molar-refractivity contribution in [3.8, 4) is 0 Å². The molecule has 1 atom stereocenters. The van der Waals surface area contributed by atoms with Crippen LogP contribution in [0.25, 0.3) is 0 Å². The van der Waals surface area contributed by atoms with Crippen molar-refractivity contribution in [2.75, 3.05) is 39.3 Å². The molecule has 1 unspecified atom stereocenters. The number of alkyl halides is 3. The summed E-state index contributed by atoms with van der Waals surface area (Å²) in [5.41, 5.74) is -0.536. The lowest BCUT2D eigenvalue weighted by Gasteiger charge is -2.20. The van der Waals surface area contributed by atoms with Crippen LogP contribution in [0.4, 0.5) is 18.0 Å². The summed E-state index contributed by atoms with van der Waals surface area (Å²) in [6, 6.07) is -0.0648. The SMILES string of the molecule is CCNC(=NCCCNC(=O)OC(C)(C)C)NC1CCN(CC(F)(F)F)C1. The summed E-state index contributed by atoms with van der Waals surface area (Å²) in [6.07, 6.45) is -3.37. The van der Waals surface area contributed by atoms with Crippen LogP contribution in [0, 0.1) is 0 Å². The quantitative estimate of drug-likeness (QED) is 0.350. The molecule has 0 aromatic heterocycles. The molecular weight excluding hydrogens is 363 g/mol. The number of ether oxygens (including phenoxy) is 1. The minimum Gasteiger partial charge on any atom is -0.444 e. The van der Waals surface area contributed by atoms with E-state index in [2.05, 4.69) is 20.9 Å². The summed E-state index contributed by atoms with van der Waals surface area (Å²) in [4.78, 5) is 17.3. The van der Waals surface area contributed by atoms with Crippen LogP contribution in [-0.2, 0) is 4.74 Å². The van der Waals surface area contributed by atoms with Gasteiger partial charge in [0, 0.05) is 38.8 Å². The molecule has 1 aliphatic heterocycles. The molecule has 0 spiro atoms. The third-order valence-electron chi connectivity index (χ3n) is 3.63. The second kappa shape index (κ2) is 10.6. The van der Waals surface area contributed by atoms with Gasteiger partial charge >= 0.3 is 12.3 Å². The number of hydrogen-bond donors (Lipinski definition) is 3. The predicted octanol–water partition coefficient (Wildman–Crippen LogP) is 2.09. The molecule has 1 heterocycles. The van der Waals surface area contributed by atoms with Gasteiger partial charge in [-0.2, -0.15) is 13.2 Å². The molecule has 1 fully saturated rings. The van der Waals surface area contributed by atoms with Crippen LogP contribution in [0.5, 0.6) is 0 Å². The zero-order chi connectivity index (χ0) is 20.5. The molecule has 27 heavy (non-hydrogen) atoms. The highest BCUT2D eigenvalue weighted by Crippen LogP contribution is 2.19. The molecule has 3 N–H and O–H groups in total. The van der Waals surface area contributed by atoms with E-state index in [-0.39, 0.29) is 6.04 Å². The first-order chi connectivity index (χ1) is 12.5. The molecule has 0 aromatic rings. The van der Waals surface area contributed by atoms with Crippen LogP contribution in [0.1, 0.15) is 40.5 Å². The van der Waals surface area contributed by atoms with Gasteiger partial charge in [-0.15, -0.1) is 0 Å². The molecule has 1 aliphatic rings. The summed E-state index contributed by atoms with van der Waals surface area (Å²) < 4.78 is 42.5. The highest BCUT2D eigenvalue weighted by molar-refractivity contribution is 5.80. The number of hydrogen-bond acceptors (Lipinski definition) is 4. The van der Waals surface area contributed by atoms with Crippen molar-refractivity contribution < 1.29 is 22.7 Å². The number of alkyl carbamates (subject to hydrolysis) is 1. The van der Waals surface area contributed by atoms with Crippen LogP contribution in [0.3, 0.4) is 0 Å². The van der Waals surface area contributed by atoms with Gasteiger partial charge in [0.1, 0.15) is 5.60 Å². The summed E-state index contributed by atoms with van der Waals surface area (Å²) in [7, 11) is 0. The fourth-order valence-electron chi connectivity index (χ4n) is 2.64. The average Bonchev–Trinajstić information content (AvgIpc) is 2.90. The molecule has 0 radical (unpaired) electrons. The Hall–Kier alpha value is -1.71. The monoisotopic (exact) mass is 395 g/mol. The molecular formula is C17H32F3N5O2. The summed E-state index contributed by atoms with van der Waals surface area (Å²) in [5.74, 6) is 0.577. The van der Waals surface area contributed by atoms with Gasteiger partial charge in [0.05, 0.1) is 6.54 Å². The fraction of sp³-hybridized carbons (Fsp3) is 0.882. The second-order valence-electron chi connectivity index (χ2n) is 7.52. The third kappa shape index (κ3) is 11.6. The zero-order valence-electron chi connectivity index (χ0n) is 16.6. The second-order valence-corrected chi connectivity index (χ2v) is 7.52. The van der Waals surface area contributed by atoms with Crippen LogP contribution < -0.4 is 16.0 Å². The Morgan fingerprint density at radius 1 is 1.26 bits per heavy atom. The number of nitrogens with zero attached hydrogens (tertiary/aromatic N) is 2. The lowest BCUT2D eigenvalue weighted by molar-refractivity contribution is -0.143. The molecule has 1 saturated heterocycles. The minimum atomic E-state index is -4.17. The van der Waals surface area contributed by atoms with Crippen molar-refractivity contribution in [1.29, 1.82) is 0 Å². The van der Waals surface area contributed by atoms with E-state index >= 15 is 0 Å². The Bertz CT molecular complexity index is 492. The third-order valence-corrected chi connectivity index (χ3v) is 3.63. The lowest BCUT2D eigenvalue weighted by atomic mass is 10.2. The smallest absolute Gasteiger partial charge is 0.407 e. The van der Waals surface area contributed by atoms with E-state index in [9.17, 15) is 18.0 Å². The standard InChI is InChI=1S/C17H32F3N5O2/c1-5-21-14(22-8-6-9-23-15(26)27-16(2,3)4)24-13-7-10-25(11-13)12-17(18,19)20/h13H,5-12H2,1-4H3,(H,23,26)(H2,21,22,24). The van der Waals surface area contributed by atoms with Gasteiger partial charge < -0.3 is 20.7 Å². The summed E-state index contributed by atoms with van der Waals surface area (Å²) >= 11 is 0. The van der Waals surface area contributed by atoms with Crippen molar-refractivity contribution >= 4 is 12.1 Å². The Morgan fingerprint density at radius 3 is 2.56 bits per heavy atom. The Kier molecular flexibility index (Phi) is 9.14. The van der Waals surface area contributed by atoms with Crippen molar-refractivity contribution in [3.63, 3.8) is 0 Å². The number of carbonyl (C=O) groups excluding carboxylic acids is 1. The normalized spacial score (nSPS) is 19.1. The number of rotatable bonds is 7. The summed E-state index contributed by atoms with van der Waals surface area (Å²) in [6.45, 7) is 8.74. The van der Waals surface area contributed by atoms with Crippen LogP contribution >= 0.6 is 0 Å². The van der Waals surface area contributed by atoms with Crippen molar-refractivity contribution in [2.45, 2.75) is 58.4 Å². The van der Waals surface area contributed by atoms with Gasteiger partial charge in [0.25, 0.3) is 0 Å². The van der Waals surface area contributed by atoms with Crippen molar-refractivity contribution in [1.82, 2.24) is 20.9 Å². The topological polar surface area (TPSA) is 78.0 Å². The molecule has 10 heteroatoms. The molecule has 0 saturated carbocycles. The number of carbonyl (C=O) groups is 1. The maximum absolute atomic E-state index is 12.5. The van der Waals surface area contributed by atoms with E-state index in [1.54, 1.807) is 20.8 Å². The van der Waals surface area contributed by atoms with E-state index in [1.807, 2.05) is 6.92 Å². The van der Waals surface area contributed by atoms with Gasteiger partial charge in [-0.05, 0) is 40.5 Å². The Morgan fingerprint density at radius 2 is 1.96 bits per heavy atom. The van der Waals surface area contributed by atoms with Gasteiger partial charge in [0.15, 0.2) is 5.96 Å². The molecule has 0 aliphatic carbocycles. The lowest BCUT2D eigenvalue weighted by Crippen LogP contribution is -2.45. The fourth-order valence-corrected chi connectivity index (χ4v) is 2.64. The predicted molar refractivity (Wildman–Crippen MR) is 98.9 cm³/mol. The van der Waals surface area contributed by atoms with Gasteiger partial charge in [-0.3, -0.25) is 9.89 Å². The first kappa shape index (κ1) is 23.3. The Balaban J connectivity index is 2.33. The largest absolute Gasteiger partial charge is 0.444 e. The first-order valence-corrected chi connectivity index (χ1v) is 9.29. The molecule has 0 bridgehead atoms. The number of likely N-dealkylation sites (tertiary alicyclic amines) is 1.